The van der Waals surface area contributed by atoms with Gasteiger partial charge in [-0.1, -0.05) is 13.8 Å². The summed E-state index contributed by atoms with van der Waals surface area (Å²) < 4.78 is 28.7. The predicted molar refractivity (Wildman–Crippen MR) is 124 cm³/mol. The van der Waals surface area contributed by atoms with Gasteiger partial charge in [-0.15, -0.1) is 0 Å². The predicted octanol–water partition coefficient (Wildman–Crippen LogP) is 0.294. The van der Waals surface area contributed by atoms with E-state index in [2.05, 4.69) is 0 Å². The molecule has 1 aromatic rings. The molecule has 13 atom stereocenters. The summed E-state index contributed by atoms with van der Waals surface area (Å²) in [5, 5.41) is 49.3. The van der Waals surface area contributed by atoms with Crippen molar-refractivity contribution in [1.82, 2.24) is 0 Å². The second-order valence-corrected chi connectivity index (χ2v) is 12.6. The summed E-state index contributed by atoms with van der Waals surface area (Å²) in [4.78, 5) is 25.1. The number of fused-ring (bicyclic) bond motifs is 5. The third-order valence-corrected chi connectivity index (χ3v) is 11.3. The van der Waals surface area contributed by atoms with Gasteiger partial charge in [0.1, 0.15) is 11.2 Å². The molecule has 11 heteroatoms. The molecule has 1 spiro atoms. The van der Waals surface area contributed by atoms with E-state index < -0.39 is 81.3 Å². The molecular formula is C27H32O11. The second kappa shape index (κ2) is 6.54. The van der Waals surface area contributed by atoms with E-state index in [1.807, 2.05) is 13.0 Å². The summed E-state index contributed by atoms with van der Waals surface area (Å²) >= 11 is 0. The molecule has 6 aliphatic rings. The van der Waals surface area contributed by atoms with Crippen molar-refractivity contribution in [2.75, 3.05) is 0 Å². The van der Waals surface area contributed by atoms with E-state index in [9.17, 15) is 30.0 Å². The number of carbonyl (C=O) groups excluding carboxylic acids is 2. The van der Waals surface area contributed by atoms with Gasteiger partial charge in [-0.2, -0.15) is 0 Å². The maximum atomic E-state index is 13.0. The summed E-state index contributed by atoms with van der Waals surface area (Å²) in [5.41, 5.74) is -9.37. The highest BCUT2D eigenvalue weighted by Gasteiger charge is 2.94. The van der Waals surface area contributed by atoms with Crippen molar-refractivity contribution in [1.29, 1.82) is 0 Å². The van der Waals surface area contributed by atoms with Gasteiger partial charge in [-0.05, 0) is 44.1 Å². The highest BCUT2D eigenvalue weighted by atomic mass is 16.7. The fraction of sp³-hybridized carbons (Fsp3) is 0.704. The Labute approximate surface area is 218 Å². The van der Waals surface area contributed by atoms with Crippen molar-refractivity contribution in [3.63, 3.8) is 0 Å². The topological polar surface area (TPSA) is 168 Å². The average molecular weight is 533 g/mol. The second-order valence-electron chi connectivity index (χ2n) is 12.6. The first-order valence-corrected chi connectivity index (χ1v) is 12.9. The van der Waals surface area contributed by atoms with Crippen LogP contribution in [0.5, 0.6) is 0 Å². The van der Waals surface area contributed by atoms with Gasteiger partial charge in [0.15, 0.2) is 17.0 Å². The van der Waals surface area contributed by atoms with Crippen LogP contribution in [0.4, 0.5) is 0 Å². The lowest BCUT2D eigenvalue weighted by Crippen LogP contribution is -2.79. The largest absolute Gasteiger partial charge is 0.472 e. The van der Waals surface area contributed by atoms with Crippen LogP contribution >= 0.6 is 0 Å². The van der Waals surface area contributed by atoms with E-state index in [4.69, 9.17) is 23.4 Å². The smallest absolute Gasteiger partial charge is 0.351 e. The Balaban J connectivity index is 1.45. The summed E-state index contributed by atoms with van der Waals surface area (Å²) in [6.45, 7) is 7.40. The minimum Gasteiger partial charge on any atom is -0.472 e. The van der Waals surface area contributed by atoms with Crippen molar-refractivity contribution in [3.05, 3.63) is 36.3 Å². The van der Waals surface area contributed by atoms with Crippen LogP contribution < -0.4 is 0 Å². The monoisotopic (exact) mass is 532 g/mol. The van der Waals surface area contributed by atoms with Gasteiger partial charge in [0.2, 0.25) is 6.10 Å². The zero-order valence-corrected chi connectivity index (χ0v) is 21.7. The summed E-state index contributed by atoms with van der Waals surface area (Å²) in [7, 11) is 0. The van der Waals surface area contributed by atoms with Crippen molar-refractivity contribution in [2.24, 2.45) is 16.7 Å². The van der Waals surface area contributed by atoms with Gasteiger partial charge in [-0.25, -0.2) is 4.79 Å². The molecule has 4 heterocycles. The number of ether oxygens (including phenoxy) is 4. The van der Waals surface area contributed by atoms with E-state index in [0.29, 0.717) is 6.42 Å². The third kappa shape index (κ3) is 2.15. The highest BCUT2D eigenvalue weighted by Crippen LogP contribution is 2.80. The van der Waals surface area contributed by atoms with E-state index in [1.54, 1.807) is 19.5 Å². The van der Waals surface area contributed by atoms with Gasteiger partial charge in [-0.3, -0.25) is 4.79 Å². The number of furan rings is 1. The SMILES string of the molecule is CC(=O)OC1C(=O)OC2(C)C=CC3(O)OC4C(O)C5(C)C(c6ccoc6)CC6OC65C(C)(O)C4C3(C)C12O. The Kier molecular flexibility index (Phi) is 4.25. The molecule has 7 rings (SSSR count). The van der Waals surface area contributed by atoms with Gasteiger partial charge < -0.3 is 43.8 Å². The van der Waals surface area contributed by atoms with Crippen LogP contribution in [0.15, 0.2) is 35.2 Å². The van der Waals surface area contributed by atoms with E-state index >= 15 is 0 Å². The first-order valence-electron chi connectivity index (χ1n) is 12.9. The molecule has 4 N–H and O–H groups in total. The maximum Gasteiger partial charge on any atom is 0.351 e. The Hall–Kier alpha value is -2.28. The first kappa shape index (κ1) is 24.7. The zero-order chi connectivity index (χ0) is 27.5. The first-order chi connectivity index (χ1) is 17.6. The lowest BCUT2D eigenvalue weighted by atomic mass is 9.43. The normalized spacial score (nSPS) is 59.3. The molecule has 206 valence electrons. The minimum atomic E-state index is -2.40. The summed E-state index contributed by atoms with van der Waals surface area (Å²) in [5.74, 6) is -5.57. The Morgan fingerprint density at radius 3 is 2.45 bits per heavy atom. The number of esters is 2. The van der Waals surface area contributed by atoms with Gasteiger partial charge in [0.25, 0.3) is 0 Å². The number of aliphatic hydroxyl groups excluding tert-OH is 1. The molecule has 3 saturated heterocycles. The van der Waals surface area contributed by atoms with Crippen LogP contribution in [0.1, 0.15) is 52.5 Å². The number of rotatable bonds is 2. The zero-order valence-electron chi connectivity index (χ0n) is 21.7. The van der Waals surface area contributed by atoms with Crippen molar-refractivity contribution in [3.8, 4) is 0 Å². The molecule has 0 radical (unpaired) electrons. The van der Waals surface area contributed by atoms with Crippen LogP contribution in [0.2, 0.25) is 0 Å². The molecule has 11 nitrogen and oxygen atoms in total. The fourth-order valence-corrected chi connectivity index (χ4v) is 9.63. The number of carbonyl (C=O) groups is 2. The fourth-order valence-electron chi connectivity index (χ4n) is 9.63. The molecule has 5 fully saturated rings. The van der Waals surface area contributed by atoms with Crippen molar-refractivity contribution in [2.45, 2.75) is 99.6 Å². The molecule has 3 aliphatic heterocycles. The molecule has 3 aliphatic carbocycles. The molecule has 38 heavy (non-hydrogen) atoms. The molecule has 0 aromatic carbocycles. The molecule has 13 unspecified atom stereocenters. The van der Waals surface area contributed by atoms with E-state index in [0.717, 1.165) is 12.5 Å². The molecule has 0 amide bonds. The lowest BCUT2D eigenvalue weighted by Gasteiger charge is -2.62. The standard InChI is InChI=1S/C27H32O11/c1-12(28)35-19-20(30)38-21(2)7-8-25(32)23(4,26(19,21)33)17-16(37-25)18(29)22(3)14(13-6-9-34-11-13)10-15-27(22,36-15)24(17,5)31/h6-9,11,14-19,29,31-33H,10H2,1-5H3. The number of aliphatic hydroxyl groups is 4. The number of hydrogen-bond acceptors (Lipinski definition) is 11. The number of hydrogen-bond donors (Lipinski definition) is 4. The average Bonchev–Trinajstić information content (AvgIpc) is 3.07. The maximum absolute atomic E-state index is 13.0. The van der Waals surface area contributed by atoms with Crippen LogP contribution in [0.25, 0.3) is 0 Å². The van der Waals surface area contributed by atoms with E-state index in [1.165, 1.54) is 26.0 Å². The van der Waals surface area contributed by atoms with E-state index in [-0.39, 0.29) is 5.92 Å². The lowest BCUT2D eigenvalue weighted by molar-refractivity contribution is -0.301. The quantitative estimate of drug-likeness (QED) is 0.235. The Morgan fingerprint density at radius 2 is 1.82 bits per heavy atom. The van der Waals surface area contributed by atoms with Crippen molar-refractivity contribution >= 4 is 11.9 Å². The Bertz CT molecular complexity index is 1290. The summed E-state index contributed by atoms with van der Waals surface area (Å²) in [6, 6.07) is 1.81. The Morgan fingerprint density at radius 1 is 1.11 bits per heavy atom. The highest BCUT2D eigenvalue weighted by molar-refractivity contribution is 5.84. The third-order valence-electron chi connectivity index (χ3n) is 11.3. The van der Waals surface area contributed by atoms with Crippen LogP contribution in [-0.4, -0.2) is 85.0 Å². The van der Waals surface area contributed by atoms with Crippen LogP contribution in [-0.2, 0) is 28.5 Å². The van der Waals surface area contributed by atoms with Crippen LogP contribution in [0, 0.1) is 16.7 Å². The van der Waals surface area contributed by atoms with Gasteiger partial charge in [0.05, 0.1) is 36.3 Å². The minimum absolute atomic E-state index is 0.259. The molecule has 2 saturated carbocycles. The molecule has 1 aromatic heterocycles. The summed E-state index contributed by atoms with van der Waals surface area (Å²) in [6.07, 6.45) is 1.49. The molecule has 0 bridgehead atoms. The van der Waals surface area contributed by atoms with Crippen molar-refractivity contribution < 1.29 is 53.4 Å². The van der Waals surface area contributed by atoms with Gasteiger partial charge >= 0.3 is 11.9 Å². The molecular weight excluding hydrogens is 500 g/mol. The number of epoxide rings is 1. The van der Waals surface area contributed by atoms with Crippen LogP contribution in [0.3, 0.4) is 0 Å². The van der Waals surface area contributed by atoms with Gasteiger partial charge in [0, 0.05) is 24.2 Å².